The molecule has 0 spiro atoms. The van der Waals surface area contributed by atoms with Crippen LogP contribution in [0.4, 0.5) is 11.6 Å². The van der Waals surface area contributed by atoms with Crippen molar-refractivity contribution in [2.45, 2.75) is 55.0 Å². The number of nitrogens with two attached hydrogens (primary N) is 2. The van der Waals surface area contributed by atoms with E-state index in [2.05, 4.69) is 54.4 Å². The number of imidazole rings is 2. The van der Waals surface area contributed by atoms with Gasteiger partial charge in [0.05, 0.1) is 32.5 Å². The molecule has 4 aromatic rings. The van der Waals surface area contributed by atoms with Crippen molar-refractivity contribution in [1.29, 1.82) is 0 Å². The summed E-state index contributed by atoms with van der Waals surface area (Å²) in [4.78, 5) is 24.9. The maximum absolute atomic E-state index is 13.7. The van der Waals surface area contributed by atoms with Crippen molar-refractivity contribution in [2.24, 2.45) is 0 Å². The molecule has 8 heterocycles. The van der Waals surface area contributed by atoms with Crippen LogP contribution in [0.3, 0.4) is 0 Å². The van der Waals surface area contributed by atoms with Crippen LogP contribution in [-0.2, 0) is 41.4 Å². The second-order valence-corrected chi connectivity index (χ2v) is 16.7. The molecule has 2 unspecified atom stereocenters. The molecule has 10 atom stereocenters. The SMILES string of the molecule is Nc1ncnc2c1ncn2C1O[C@]23CCO[P@](=O)(S)O[C@@H]4[C@H](O)[C@@H](CO[P@](=O)(S)O[C@H]2C1OC3)O[C@H]4n1cnc2c(N)ncnc21. The Balaban J connectivity index is 1.11. The fourth-order valence-corrected chi connectivity index (χ4v) is 9.15. The number of fused-ring (bicyclic) bond motifs is 4. The van der Waals surface area contributed by atoms with Crippen LogP contribution in [0.2, 0.25) is 0 Å². The van der Waals surface area contributed by atoms with Crippen LogP contribution in [0.5, 0.6) is 0 Å². The minimum atomic E-state index is -4.18. The summed E-state index contributed by atoms with van der Waals surface area (Å²) in [7, 11) is 0. The molecular weight excluding hydrogens is 690 g/mol. The Hall–Kier alpha value is -2.46. The van der Waals surface area contributed by atoms with E-state index in [-0.39, 0.29) is 42.4 Å². The number of aliphatic hydroxyl groups is 1. The summed E-state index contributed by atoms with van der Waals surface area (Å²) in [6.07, 6.45) is -2.50. The van der Waals surface area contributed by atoms with Crippen molar-refractivity contribution in [1.82, 2.24) is 39.0 Å². The summed E-state index contributed by atoms with van der Waals surface area (Å²) in [6, 6.07) is 0. The third-order valence-corrected chi connectivity index (χ3v) is 11.5. The molecule has 5 N–H and O–H groups in total. The molecule has 4 saturated heterocycles. The van der Waals surface area contributed by atoms with E-state index in [9.17, 15) is 14.2 Å². The van der Waals surface area contributed by atoms with E-state index in [0.29, 0.717) is 11.2 Å². The minimum absolute atomic E-state index is 0.00525. The highest BCUT2D eigenvalue weighted by molar-refractivity contribution is 8.44. The molecule has 246 valence electrons. The van der Waals surface area contributed by atoms with Crippen LogP contribution >= 0.6 is 38.1 Å². The van der Waals surface area contributed by atoms with Crippen LogP contribution in [-0.4, -0.2) is 100 Å². The second-order valence-electron chi connectivity index (χ2n) is 11.0. The summed E-state index contributed by atoms with van der Waals surface area (Å²) in [5.74, 6) is 0.285. The van der Waals surface area contributed by atoms with Crippen LogP contribution in [0.25, 0.3) is 22.3 Å². The first-order valence-electron chi connectivity index (χ1n) is 13.8. The lowest BCUT2D eigenvalue weighted by molar-refractivity contribution is -0.176. The predicted octanol–water partition coefficient (Wildman–Crippen LogP) is 1.04. The van der Waals surface area contributed by atoms with Gasteiger partial charge in [-0.05, 0) is 0 Å². The molecule has 24 heteroatoms. The first kappa shape index (κ1) is 30.8. The molecule has 0 saturated carbocycles. The van der Waals surface area contributed by atoms with E-state index in [0.717, 1.165) is 0 Å². The van der Waals surface area contributed by atoms with E-state index < -0.39 is 68.8 Å². The molecule has 0 aliphatic carbocycles. The van der Waals surface area contributed by atoms with Crippen LogP contribution in [0.15, 0.2) is 25.3 Å². The Morgan fingerprint density at radius 3 is 2.17 bits per heavy atom. The van der Waals surface area contributed by atoms with Crippen molar-refractivity contribution in [3.63, 3.8) is 0 Å². The van der Waals surface area contributed by atoms with Crippen LogP contribution in [0.1, 0.15) is 18.9 Å². The highest BCUT2D eigenvalue weighted by Gasteiger charge is 2.64. The highest BCUT2D eigenvalue weighted by Crippen LogP contribution is 2.62. The quantitative estimate of drug-likeness (QED) is 0.143. The van der Waals surface area contributed by atoms with Gasteiger partial charge in [-0.3, -0.25) is 22.7 Å². The molecular formula is C22H26N10O10P2S2. The number of anilines is 2. The standard InChI is InChI=1S/C22H26N10O10P2S2/c23-16-10-18(27-5-25-16)31(7-29-10)20-13-12(33)9(39-20)3-38-44(35,46)42-15-14-21(32-8-30-11-17(24)26-6-28-19(11)32)40-22(15,4-36-14)1-2-37-43(34,45)41-13/h5-9,12-15,20-21,33H,1-4H2,(H,34,45)(H,35,46)(H2,23,25,27)(H2,24,26,28)/t9-,12-,13-,14?,15+,20-,21?,22+,43+,44+/m1/s1. The van der Waals surface area contributed by atoms with E-state index in [1.54, 1.807) is 4.57 Å². The maximum Gasteiger partial charge on any atom is 0.386 e. The van der Waals surface area contributed by atoms with Gasteiger partial charge in [-0.15, -0.1) is 0 Å². The number of thiol groups is 2. The van der Waals surface area contributed by atoms with Crippen LogP contribution in [0, 0.1) is 0 Å². The number of ether oxygens (including phenoxy) is 3. The van der Waals surface area contributed by atoms with Crippen LogP contribution < -0.4 is 11.5 Å². The summed E-state index contributed by atoms with van der Waals surface area (Å²) in [5, 5.41) is 11.3. The van der Waals surface area contributed by atoms with Gasteiger partial charge in [0.1, 0.15) is 59.8 Å². The summed E-state index contributed by atoms with van der Waals surface area (Å²) < 4.78 is 72.0. The van der Waals surface area contributed by atoms with Gasteiger partial charge in [0.2, 0.25) is 0 Å². The van der Waals surface area contributed by atoms with Gasteiger partial charge in [-0.25, -0.2) is 39.0 Å². The molecule has 0 aromatic carbocycles. The smallest absolute Gasteiger partial charge is 0.386 e. The summed E-state index contributed by atoms with van der Waals surface area (Å²) in [5.41, 5.74) is 11.9. The number of rotatable bonds is 2. The zero-order valence-corrected chi connectivity index (χ0v) is 26.9. The van der Waals surface area contributed by atoms with Crippen molar-refractivity contribution < 1.29 is 46.5 Å². The lowest BCUT2D eigenvalue weighted by Gasteiger charge is -2.32. The van der Waals surface area contributed by atoms with Crippen molar-refractivity contribution in [3.8, 4) is 0 Å². The van der Waals surface area contributed by atoms with Gasteiger partial charge < -0.3 is 35.3 Å². The van der Waals surface area contributed by atoms with Gasteiger partial charge in [0.25, 0.3) is 0 Å². The molecule has 4 bridgehead atoms. The Bertz CT molecular complexity index is 1940. The Morgan fingerprint density at radius 2 is 1.50 bits per heavy atom. The average Bonchev–Trinajstić information content (AvgIpc) is 3.81. The number of aromatic nitrogens is 8. The minimum Gasteiger partial charge on any atom is -0.387 e. The average molecular weight is 717 g/mol. The van der Waals surface area contributed by atoms with Gasteiger partial charge >= 0.3 is 13.6 Å². The third-order valence-electron chi connectivity index (χ3n) is 8.29. The van der Waals surface area contributed by atoms with Crippen molar-refractivity contribution >= 4 is 72.1 Å². The van der Waals surface area contributed by atoms with E-state index >= 15 is 0 Å². The summed E-state index contributed by atoms with van der Waals surface area (Å²) >= 11 is 8.41. The number of hydrogen-bond acceptors (Lipinski definition) is 18. The van der Waals surface area contributed by atoms with Gasteiger partial charge in [-0.1, -0.05) is 24.5 Å². The normalized spacial score (nSPS) is 39.9. The van der Waals surface area contributed by atoms with E-state index in [1.165, 1.54) is 29.9 Å². The Labute approximate surface area is 268 Å². The van der Waals surface area contributed by atoms with Crippen molar-refractivity contribution in [3.05, 3.63) is 25.3 Å². The Morgan fingerprint density at radius 1 is 0.870 bits per heavy atom. The zero-order valence-electron chi connectivity index (χ0n) is 23.3. The molecule has 4 aromatic heterocycles. The van der Waals surface area contributed by atoms with Gasteiger partial charge in [0, 0.05) is 6.42 Å². The number of aliphatic hydroxyl groups excluding tert-OH is 1. The first-order valence-corrected chi connectivity index (χ1v) is 19.1. The Kier molecular flexibility index (Phi) is 7.40. The molecule has 20 nitrogen and oxygen atoms in total. The predicted molar refractivity (Wildman–Crippen MR) is 161 cm³/mol. The molecule has 4 fully saturated rings. The first-order chi connectivity index (χ1) is 22.0. The fourth-order valence-electron chi connectivity index (χ4n) is 6.16. The number of nitrogen functional groups attached to an aromatic ring is 2. The van der Waals surface area contributed by atoms with Gasteiger partial charge in [0.15, 0.2) is 35.4 Å². The number of nitrogens with zero attached hydrogens (tertiary/aromatic N) is 8. The van der Waals surface area contributed by atoms with E-state index in [4.69, 9.17) is 43.8 Å². The number of hydrogen-bond donors (Lipinski definition) is 5. The molecule has 0 radical (unpaired) electrons. The molecule has 46 heavy (non-hydrogen) atoms. The lowest BCUT2D eigenvalue weighted by atomic mass is 9.96. The zero-order chi connectivity index (χ0) is 32.0. The molecule has 4 aliphatic heterocycles. The van der Waals surface area contributed by atoms with Crippen molar-refractivity contribution in [2.75, 3.05) is 31.3 Å². The largest absolute Gasteiger partial charge is 0.387 e. The second kappa shape index (κ2) is 11.0. The highest BCUT2D eigenvalue weighted by atomic mass is 32.7. The lowest BCUT2D eigenvalue weighted by Crippen LogP contribution is -2.42. The topological polar surface area (TPSA) is 258 Å². The fraction of sp³-hybridized carbons (Fsp3) is 0.545. The monoisotopic (exact) mass is 716 g/mol. The molecule has 8 rings (SSSR count). The van der Waals surface area contributed by atoms with E-state index in [1.807, 2.05) is 0 Å². The maximum atomic E-state index is 13.7. The molecule has 4 aliphatic rings. The third kappa shape index (κ3) is 5.03. The van der Waals surface area contributed by atoms with Gasteiger partial charge in [-0.2, -0.15) is 0 Å². The summed E-state index contributed by atoms with van der Waals surface area (Å²) in [6.45, 7) is -9.06. The molecule has 0 amide bonds.